The molecule has 0 aromatic heterocycles. The van der Waals surface area contributed by atoms with Crippen molar-refractivity contribution in [1.29, 1.82) is 0 Å². The van der Waals surface area contributed by atoms with E-state index >= 15 is 0 Å². The molecule has 3 aromatic carbocycles. The third-order valence-corrected chi connectivity index (χ3v) is 4.09. The minimum atomic E-state index is -0.645. The van der Waals surface area contributed by atoms with E-state index in [1.54, 1.807) is 36.4 Å². The topological polar surface area (TPSA) is 47.6 Å². The van der Waals surface area contributed by atoms with Crippen LogP contribution in [0.3, 0.4) is 0 Å². The van der Waals surface area contributed by atoms with Gasteiger partial charge in [-0.3, -0.25) is 4.79 Å². The van der Waals surface area contributed by atoms with Crippen LogP contribution in [0, 0.1) is 0 Å². The first kappa shape index (κ1) is 18.8. The number of ether oxygens (including phenoxy) is 2. The molecule has 0 bridgehead atoms. The van der Waals surface area contributed by atoms with Crippen molar-refractivity contribution in [2.75, 3.05) is 5.32 Å². The summed E-state index contributed by atoms with van der Waals surface area (Å²) in [6.45, 7) is 1.89. The van der Waals surface area contributed by atoms with E-state index in [1.165, 1.54) is 0 Å². The number of carbonyl (C=O) groups is 1. The molecule has 27 heavy (non-hydrogen) atoms. The van der Waals surface area contributed by atoms with Gasteiger partial charge in [-0.25, -0.2) is 0 Å². The van der Waals surface area contributed by atoms with Crippen LogP contribution in [0.15, 0.2) is 78.9 Å². The molecule has 4 nitrogen and oxygen atoms in total. The summed E-state index contributed by atoms with van der Waals surface area (Å²) in [4.78, 5) is 12.7. The minimum absolute atomic E-state index is 0.249. The van der Waals surface area contributed by atoms with E-state index in [4.69, 9.17) is 21.1 Å². The molecule has 0 aliphatic heterocycles. The Morgan fingerprint density at radius 3 is 2.41 bits per heavy atom. The summed E-state index contributed by atoms with van der Waals surface area (Å²) in [5.74, 6) is 1.57. The van der Waals surface area contributed by atoms with Gasteiger partial charge in [-0.05, 0) is 48.9 Å². The van der Waals surface area contributed by atoms with Gasteiger partial charge in [-0.15, -0.1) is 0 Å². The largest absolute Gasteiger partial charge is 0.481 e. The molecule has 0 spiro atoms. The van der Waals surface area contributed by atoms with Crippen molar-refractivity contribution in [3.8, 4) is 17.2 Å². The zero-order valence-corrected chi connectivity index (χ0v) is 15.6. The molecule has 1 amide bonds. The van der Waals surface area contributed by atoms with Crippen LogP contribution in [0.4, 0.5) is 5.69 Å². The van der Waals surface area contributed by atoms with E-state index in [9.17, 15) is 4.79 Å². The SMILES string of the molecule is CC[C@H](Oc1cccc(Cl)c1)C(=O)Nc1ccccc1Oc1ccccc1. The van der Waals surface area contributed by atoms with Crippen molar-refractivity contribution in [2.24, 2.45) is 0 Å². The molecule has 1 atom stereocenters. The van der Waals surface area contributed by atoms with Gasteiger partial charge in [0.05, 0.1) is 5.69 Å². The van der Waals surface area contributed by atoms with Gasteiger partial charge >= 0.3 is 0 Å². The second-order valence-corrected chi connectivity index (χ2v) is 6.31. The molecule has 0 fully saturated rings. The maximum Gasteiger partial charge on any atom is 0.265 e. The molecule has 0 radical (unpaired) electrons. The van der Waals surface area contributed by atoms with Crippen LogP contribution in [0.25, 0.3) is 0 Å². The standard InChI is InChI=1S/C22H20ClNO3/c1-2-20(27-18-12-8-9-16(23)15-18)22(25)24-19-13-6-7-14-21(19)26-17-10-4-3-5-11-17/h3-15,20H,2H2,1H3,(H,24,25)/t20-/m0/s1. The number of anilines is 1. The number of nitrogens with one attached hydrogen (secondary N) is 1. The summed E-state index contributed by atoms with van der Waals surface area (Å²) < 4.78 is 11.7. The number of carbonyl (C=O) groups excluding carboxylic acids is 1. The summed E-state index contributed by atoms with van der Waals surface area (Å²) in [6.07, 6.45) is -0.131. The van der Waals surface area contributed by atoms with Crippen molar-refractivity contribution < 1.29 is 14.3 Å². The first-order valence-corrected chi connectivity index (χ1v) is 9.08. The van der Waals surface area contributed by atoms with Crippen LogP contribution in [-0.4, -0.2) is 12.0 Å². The number of benzene rings is 3. The summed E-state index contributed by atoms with van der Waals surface area (Å²) >= 11 is 5.98. The minimum Gasteiger partial charge on any atom is -0.481 e. The van der Waals surface area contributed by atoms with Crippen molar-refractivity contribution in [3.63, 3.8) is 0 Å². The zero-order valence-electron chi connectivity index (χ0n) is 14.9. The molecule has 3 rings (SSSR count). The Labute approximate surface area is 163 Å². The van der Waals surface area contributed by atoms with Crippen LogP contribution >= 0.6 is 11.6 Å². The predicted molar refractivity (Wildman–Crippen MR) is 108 cm³/mol. The fourth-order valence-electron chi connectivity index (χ4n) is 2.51. The van der Waals surface area contributed by atoms with Crippen LogP contribution in [0.2, 0.25) is 5.02 Å². The van der Waals surface area contributed by atoms with Crippen molar-refractivity contribution >= 4 is 23.2 Å². The zero-order chi connectivity index (χ0) is 19.1. The van der Waals surface area contributed by atoms with Gasteiger partial charge in [0.2, 0.25) is 0 Å². The lowest BCUT2D eigenvalue weighted by atomic mass is 10.2. The molecule has 5 heteroatoms. The second kappa shape index (κ2) is 9.10. The second-order valence-electron chi connectivity index (χ2n) is 5.87. The Bertz CT molecular complexity index is 899. The molecule has 0 aliphatic carbocycles. The van der Waals surface area contributed by atoms with Gasteiger partial charge in [-0.2, -0.15) is 0 Å². The maximum absolute atomic E-state index is 12.7. The van der Waals surface area contributed by atoms with Crippen LogP contribution in [-0.2, 0) is 4.79 Å². The Kier molecular flexibility index (Phi) is 6.34. The van der Waals surface area contributed by atoms with E-state index in [2.05, 4.69) is 5.32 Å². The number of hydrogen-bond acceptors (Lipinski definition) is 3. The smallest absolute Gasteiger partial charge is 0.265 e. The van der Waals surface area contributed by atoms with Gasteiger partial charge in [0.25, 0.3) is 5.91 Å². The van der Waals surface area contributed by atoms with Gasteiger partial charge in [0.15, 0.2) is 11.9 Å². The first-order chi connectivity index (χ1) is 13.2. The molecule has 0 saturated carbocycles. The number of amides is 1. The van der Waals surface area contributed by atoms with E-state index in [-0.39, 0.29) is 5.91 Å². The van der Waals surface area contributed by atoms with Crippen LogP contribution in [0.5, 0.6) is 17.2 Å². The number of halogens is 1. The molecule has 138 valence electrons. The van der Waals surface area contributed by atoms with Gasteiger partial charge in [-0.1, -0.05) is 54.9 Å². The molecule has 3 aromatic rings. The third kappa shape index (κ3) is 5.25. The fraction of sp³-hybridized carbons (Fsp3) is 0.136. The van der Waals surface area contributed by atoms with Crippen molar-refractivity contribution in [2.45, 2.75) is 19.4 Å². The van der Waals surface area contributed by atoms with Crippen molar-refractivity contribution in [1.82, 2.24) is 0 Å². The molecule has 0 heterocycles. The highest BCUT2D eigenvalue weighted by molar-refractivity contribution is 6.30. The highest BCUT2D eigenvalue weighted by Crippen LogP contribution is 2.29. The Morgan fingerprint density at radius 1 is 0.963 bits per heavy atom. The van der Waals surface area contributed by atoms with Gasteiger partial charge in [0, 0.05) is 5.02 Å². The maximum atomic E-state index is 12.7. The predicted octanol–water partition coefficient (Wildman–Crippen LogP) is 5.93. The quantitative estimate of drug-likeness (QED) is 0.551. The average Bonchev–Trinajstić information content (AvgIpc) is 2.68. The summed E-state index contributed by atoms with van der Waals surface area (Å²) in [5.41, 5.74) is 0.583. The summed E-state index contributed by atoms with van der Waals surface area (Å²) in [6, 6.07) is 23.7. The monoisotopic (exact) mass is 381 g/mol. The molecular weight excluding hydrogens is 362 g/mol. The van der Waals surface area contributed by atoms with E-state index in [0.29, 0.717) is 34.4 Å². The summed E-state index contributed by atoms with van der Waals surface area (Å²) in [7, 11) is 0. The first-order valence-electron chi connectivity index (χ1n) is 8.70. The molecule has 1 N–H and O–H groups in total. The number of rotatable bonds is 7. The summed E-state index contributed by atoms with van der Waals surface area (Å²) in [5, 5.41) is 3.45. The lowest BCUT2D eigenvalue weighted by molar-refractivity contribution is -0.122. The molecule has 0 unspecified atom stereocenters. The Hall–Kier alpha value is -2.98. The normalized spacial score (nSPS) is 11.5. The average molecular weight is 382 g/mol. The number of para-hydroxylation sites is 3. The van der Waals surface area contributed by atoms with Gasteiger partial charge in [0.1, 0.15) is 11.5 Å². The number of hydrogen-bond donors (Lipinski definition) is 1. The molecule has 0 saturated heterocycles. The van der Waals surface area contributed by atoms with Gasteiger partial charge < -0.3 is 14.8 Å². The highest BCUT2D eigenvalue weighted by Gasteiger charge is 2.20. The van der Waals surface area contributed by atoms with E-state index < -0.39 is 6.10 Å². The molecule has 0 aliphatic rings. The lowest BCUT2D eigenvalue weighted by Crippen LogP contribution is -2.32. The lowest BCUT2D eigenvalue weighted by Gasteiger charge is -2.18. The Balaban J connectivity index is 1.72. The van der Waals surface area contributed by atoms with Crippen LogP contribution < -0.4 is 14.8 Å². The third-order valence-electron chi connectivity index (χ3n) is 3.85. The van der Waals surface area contributed by atoms with Crippen molar-refractivity contribution in [3.05, 3.63) is 83.9 Å². The van der Waals surface area contributed by atoms with E-state index in [1.807, 2.05) is 49.4 Å². The van der Waals surface area contributed by atoms with Crippen LogP contribution in [0.1, 0.15) is 13.3 Å². The fourth-order valence-corrected chi connectivity index (χ4v) is 2.69. The Morgan fingerprint density at radius 2 is 1.67 bits per heavy atom. The highest BCUT2D eigenvalue weighted by atomic mass is 35.5. The van der Waals surface area contributed by atoms with E-state index in [0.717, 1.165) is 0 Å². The molecular formula is C22H20ClNO3.